The number of ether oxygens (including phenoxy) is 1. The average molecular weight is 336 g/mol. The maximum absolute atomic E-state index is 12.0. The van der Waals surface area contributed by atoms with Gasteiger partial charge in [0, 0.05) is 18.5 Å². The van der Waals surface area contributed by atoms with Crippen molar-refractivity contribution in [2.75, 3.05) is 20.3 Å². The van der Waals surface area contributed by atoms with E-state index in [1.165, 1.54) is 0 Å². The van der Waals surface area contributed by atoms with Gasteiger partial charge in [0.1, 0.15) is 0 Å². The first-order valence-electron chi connectivity index (χ1n) is 5.65. The third kappa shape index (κ3) is 5.06. The van der Waals surface area contributed by atoms with Gasteiger partial charge in [-0.2, -0.15) is 0 Å². The number of rotatable bonds is 7. The number of methoxy groups -OCH3 is 1. The fraction of sp³-hybridized carbons (Fsp3) is 0.500. The largest absolute Gasteiger partial charge is 0.384 e. The Morgan fingerprint density at radius 1 is 1.44 bits per heavy atom. The highest BCUT2D eigenvalue weighted by molar-refractivity contribution is 9.09. The number of benzene rings is 1. The van der Waals surface area contributed by atoms with Gasteiger partial charge in [0.15, 0.2) is 0 Å². The van der Waals surface area contributed by atoms with E-state index in [1.807, 2.05) is 13.0 Å². The molecule has 1 N–H and O–H groups in total. The van der Waals surface area contributed by atoms with Gasteiger partial charge in [-0.15, -0.1) is 0 Å². The van der Waals surface area contributed by atoms with Crippen molar-refractivity contribution in [3.63, 3.8) is 0 Å². The maximum atomic E-state index is 12.0. The van der Waals surface area contributed by atoms with Crippen molar-refractivity contribution in [1.29, 1.82) is 0 Å². The van der Waals surface area contributed by atoms with E-state index in [4.69, 9.17) is 4.74 Å². The molecule has 1 atom stereocenters. The van der Waals surface area contributed by atoms with Crippen molar-refractivity contribution in [1.82, 2.24) is 4.72 Å². The van der Waals surface area contributed by atoms with Crippen LogP contribution in [0.2, 0.25) is 0 Å². The predicted molar refractivity (Wildman–Crippen MR) is 75.6 cm³/mol. The van der Waals surface area contributed by atoms with Crippen LogP contribution in [-0.2, 0) is 14.8 Å². The molecule has 4 nitrogen and oxygen atoms in total. The molecule has 18 heavy (non-hydrogen) atoms. The molecule has 1 unspecified atom stereocenters. The predicted octanol–water partition coefficient (Wildman–Crippen LogP) is 2.07. The molecular weight excluding hydrogens is 318 g/mol. The van der Waals surface area contributed by atoms with E-state index in [9.17, 15) is 8.42 Å². The van der Waals surface area contributed by atoms with E-state index < -0.39 is 10.0 Å². The zero-order valence-electron chi connectivity index (χ0n) is 10.5. The minimum atomic E-state index is -3.41. The molecule has 0 heterocycles. The third-order valence-electron chi connectivity index (χ3n) is 2.40. The summed E-state index contributed by atoms with van der Waals surface area (Å²) in [6.45, 7) is 2.81. The highest BCUT2D eigenvalue weighted by Crippen LogP contribution is 2.11. The van der Waals surface area contributed by atoms with Gasteiger partial charge in [-0.05, 0) is 31.0 Å². The average Bonchev–Trinajstić information content (AvgIpc) is 2.29. The highest BCUT2D eigenvalue weighted by Gasteiger charge is 2.14. The van der Waals surface area contributed by atoms with Gasteiger partial charge in [-0.1, -0.05) is 28.1 Å². The Hall–Kier alpha value is -0.430. The third-order valence-corrected chi connectivity index (χ3v) is 4.58. The van der Waals surface area contributed by atoms with Crippen LogP contribution in [0.1, 0.15) is 12.0 Å². The number of halogens is 1. The molecule has 1 aromatic carbocycles. The van der Waals surface area contributed by atoms with Crippen LogP contribution in [-0.4, -0.2) is 33.5 Å². The minimum absolute atomic E-state index is 0.155. The van der Waals surface area contributed by atoms with Gasteiger partial charge in [-0.25, -0.2) is 13.1 Å². The molecule has 0 aliphatic heterocycles. The minimum Gasteiger partial charge on any atom is -0.384 e. The van der Waals surface area contributed by atoms with Crippen LogP contribution < -0.4 is 4.72 Å². The Morgan fingerprint density at radius 2 is 2.17 bits per heavy atom. The summed E-state index contributed by atoms with van der Waals surface area (Å²) in [5.41, 5.74) is 0.927. The molecule has 0 saturated carbocycles. The van der Waals surface area contributed by atoms with Crippen LogP contribution >= 0.6 is 15.9 Å². The number of alkyl halides is 1. The topological polar surface area (TPSA) is 55.4 Å². The molecule has 0 aliphatic rings. The fourth-order valence-electron chi connectivity index (χ4n) is 1.48. The summed E-state index contributed by atoms with van der Waals surface area (Å²) in [4.78, 5) is 0.461. The van der Waals surface area contributed by atoms with Crippen molar-refractivity contribution in [2.45, 2.75) is 23.1 Å². The number of hydrogen-bond acceptors (Lipinski definition) is 3. The molecule has 1 aromatic rings. The molecule has 0 aliphatic carbocycles. The lowest BCUT2D eigenvalue weighted by molar-refractivity contribution is 0.199. The Bertz CT molecular complexity index is 476. The molecule has 1 rings (SSSR count). The quantitative estimate of drug-likeness (QED) is 0.776. The maximum Gasteiger partial charge on any atom is 0.240 e. The normalized spacial score (nSPS) is 13.5. The van der Waals surface area contributed by atoms with E-state index >= 15 is 0 Å². The van der Waals surface area contributed by atoms with Crippen LogP contribution in [0, 0.1) is 6.92 Å². The smallest absolute Gasteiger partial charge is 0.240 e. The molecule has 102 valence electrons. The molecule has 0 amide bonds. The first-order valence-corrected chi connectivity index (χ1v) is 8.05. The van der Waals surface area contributed by atoms with E-state index in [1.54, 1.807) is 25.3 Å². The van der Waals surface area contributed by atoms with Crippen molar-refractivity contribution in [3.8, 4) is 0 Å². The van der Waals surface area contributed by atoms with Gasteiger partial charge in [0.05, 0.1) is 11.5 Å². The molecule has 6 heteroatoms. The van der Waals surface area contributed by atoms with Crippen LogP contribution in [0.25, 0.3) is 0 Å². The Balaban J connectivity index is 2.55. The van der Waals surface area contributed by atoms with Crippen LogP contribution in [0.4, 0.5) is 0 Å². The number of aryl methyl sites for hydroxylation is 1. The van der Waals surface area contributed by atoms with E-state index in [0.717, 1.165) is 5.56 Å². The first-order chi connectivity index (χ1) is 8.45. The molecule has 0 fully saturated rings. The molecule has 0 saturated heterocycles. The van der Waals surface area contributed by atoms with Crippen molar-refractivity contribution in [2.24, 2.45) is 0 Å². The second kappa shape index (κ2) is 7.23. The van der Waals surface area contributed by atoms with Crippen molar-refractivity contribution in [3.05, 3.63) is 29.8 Å². The zero-order valence-corrected chi connectivity index (χ0v) is 12.9. The summed E-state index contributed by atoms with van der Waals surface area (Å²) in [7, 11) is -1.79. The SMILES string of the molecule is COCC(Br)CCNS(=O)(=O)c1cccc(C)c1. The fourth-order valence-corrected chi connectivity index (χ4v) is 3.13. The summed E-state index contributed by atoms with van der Waals surface area (Å²) in [6.07, 6.45) is 0.679. The second-order valence-electron chi connectivity index (χ2n) is 4.06. The van der Waals surface area contributed by atoms with Gasteiger partial charge >= 0.3 is 0 Å². The monoisotopic (exact) mass is 335 g/mol. The summed E-state index contributed by atoms with van der Waals surface area (Å²) >= 11 is 3.41. The van der Waals surface area contributed by atoms with Crippen LogP contribution in [0.15, 0.2) is 29.2 Å². The summed E-state index contributed by atoms with van der Waals surface area (Å²) in [5.74, 6) is 0. The van der Waals surface area contributed by atoms with E-state index in [2.05, 4.69) is 20.7 Å². The first kappa shape index (κ1) is 15.6. The molecule has 0 bridgehead atoms. The summed E-state index contributed by atoms with van der Waals surface area (Å²) in [6, 6.07) is 6.85. The molecule has 0 spiro atoms. The molecule has 0 radical (unpaired) electrons. The Labute approximate surface area is 117 Å². The van der Waals surface area contributed by atoms with Gasteiger partial charge in [-0.3, -0.25) is 0 Å². The lowest BCUT2D eigenvalue weighted by Gasteiger charge is -2.10. The molecule has 0 aromatic heterocycles. The highest BCUT2D eigenvalue weighted by atomic mass is 79.9. The van der Waals surface area contributed by atoms with E-state index in [-0.39, 0.29) is 4.83 Å². The van der Waals surface area contributed by atoms with Gasteiger partial charge < -0.3 is 4.74 Å². The summed E-state index contributed by atoms with van der Waals surface area (Å²) in [5, 5.41) is 0. The molecular formula is C12H18BrNO3S. The van der Waals surface area contributed by atoms with Crippen LogP contribution in [0.5, 0.6) is 0 Å². The lowest BCUT2D eigenvalue weighted by Crippen LogP contribution is -2.27. The second-order valence-corrected chi connectivity index (χ2v) is 7.12. The number of hydrogen-bond donors (Lipinski definition) is 1. The van der Waals surface area contributed by atoms with E-state index in [0.29, 0.717) is 24.5 Å². The Kier molecular flexibility index (Phi) is 6.28. The van der Waals surface area contributed by atoms with Crippen LogP contribution in [0.3, 0.4) is 0 Å². The summed E-state index contributed by atoms with van der Waals surface area (Å²) < 4.78 is 31.5. The standard InChI is InChI=1S/C12H18BrNO3S/c1-10-4-3-5-12(8-10)18(15,16)14-7-6-11(13)9-17-2/h3-5,8,11,14H,6-7,9H2,1-2H3. The zero-order chi connectivity index (χ0) is 13.6. The van der Waals surface area contributed by atoms with Crippen molar-refractivity contribution >= 4 is 26.0 Å². The Morgan fingerprint density at radius 3 is 2.78 bits per heavy atom. The van der Waals surface area contributed by atoms with Gasteiger partial charge in [0.2, 0.25) is 10.0 Å². The van der Waals surface area contributed by atoms with Crippen molar-refractivity contribution < 1.29 is 13.2 Å². The number of nitrogens with one attached hydrogen (secondary N) is 1. The lowest BCUT2D eigenvalue weighted by atomic mass is 10.2. The number of sulfonamides is 1. The van der Waals surface area contributed by atoms with Gasteiger partial charge in [0.25, 0.3) is 0 Å².